The van der Waals surface area contributed by atoms with Gasteiger partial charge in [-0.1, -0.05) is 50.6 Å². The zero-order valence-corrected chi connectivity index (χ0v) is 13.8. The molecule has 2 rings (SSSR count). The summed E-state index contributed by atoms with van der Waals surface area (Å²) in [6.07, 6.45) is 0.758. The van der Waals surface area contributed by atoms with E-state index in [1.165, 1.54) is 12.1 Å². The van der Waals surface area contributed by atoms with Crippen LogP contribution < -0.4 is 11.1 Å². The van der Waals surface area contributed by atoms with Gasteiger partial charge in [-0.05, 0) is 24.1 Å². The lowest BCUT2D eigenvalue weighted by atomic mass is 9.98. The highest BCUT2D eigenvalue weighted by atomic mass is 19.1. The average molecular weight is 328 g/mol. The van der Waals surface area contributed by atoms with E-state index < -0.39 is 17.8 Å². The summed E-state index contributed by atoms with van der Waals surface area (Å²) in [6, 6.07) is 11.5. The molecule has 0 aliphatic rings. The molecule has 24 heavy (non-hydrogen) atoms. The van der Waals surface area contributed by atoms with Crippen LogP contribution in [0.4, 0.5) is 10.1 Å². The number of benzene rings is 2. The molecule has 2 aromatic rings. The molecule has 0 aliphatic carbocycles. The largest absolute Gasteiger partial charge is 0.324 e. The number of halogens is 1. The first-order valence-corrected chi connectivity index (χ1v) is 7.89. The smallest absolute Gasteiger partial charge is 0.241 e. The van der Waals surface area contributed by atoms with Gasteiger partial charge in [-0.3, -0.25) is 9.59 Å². The molecule has 0 heterocycles. The van der Waals surface area contributed by atoms with E-state index in [0.29, 0.717) is 5.56 Å². The van der Waals surface area contributed by atoms with Crippen LogP contribution in [0.15, 0.2) is 48.5 Å². The molecule has 126 valence electrons. The molecular weight excluding hydrogens is 307 g/mol. The van der Waals surface area contributed by atoms with Crippen LogP contribution in [0.5, 0.6) is 0 Å². The zero-order chi connectivity index (χ0) is 17.7. The minimum absolute atomic E-state index is 0.00118. The fourth-order valence-electron chi connectivity index (χ4n) is 2.29. The fraction of sp³-hybridized carbons (Fsp3) is 0.263. The van der Waals surface area contributed by atoms with Crippen molar-refractivity contribution in [1.29, 1.82) is 0 Å². The second-order valence-corrected chi connectivity index (χ2v) is 5.79. The Balaban J connectivity index is 2.32. The fourth-order valence-corrected chi connectivity index (χ4v) is 2.29. The van der Waals surface area contributed by atoms with Gasteiger partial charge < -0.3 is 11.1 Å². The van der Waals surface area contributed by atoms with Gasteiger partial charge in [0, 0.05) is 11.1 Å². The van der Waals surface area contributed by atoms with Crippen LogP contribution in [-0.4, -0.2) is 17.7 Å². The van der Waals surface area contributed by atoms with Crippen LogP contribution in [0.1, 0.15) is 36.2 Å². The third kappa shape index (κ3) is 4.06. The van der Waals surface area contributed by atoms with Crippen molar-refractivity contribution >= 4 is 17.4 Å². The quantitative estimate of drug-likeness (QED) is 0.799. The predicted molar refractivity (Wildman–Crippen MR) is 92.3 cm³/mol. The molecule has 0 saturated heterocycles. The Bertz CT molecular complexity index is 731. The van der Waals surface area contributed by atoms with Gasteiger partial charge in [0.1, 0.15) is 5.82 Å². The molecule has 0 bridgehead atoms. The summed E-state index contributed by atoms with van der Waals surface area (Å²) in [5.41, 5.74) is 6.70. The van der Waals surface area contributed by atoms with Gasteiger partial charge in [0.25, 0.3) is 0 Å². The zero-order valence-electron chi connectivity index (χ0n) is 13.8. The maximum Gasteiger partial charge on any atom is 0.241 e. The molecule has 0 saturated carbocycles. The number of ketones is 1. The van der Waals surface area contributed by atoms with Gasteiger partial charge in [-0.25, -0.2) is 4.39 Å². The number of amides is 1. The number of nitrogens with one attached hydrogen (secondary N) is 1. The van der Waals surface area contributed by atoms with Gasteiger partial charge >= 0.3 is 0 Å². The van der Waals surface area contributed by atoms with Gasteiger partial charge in [0.2, 0.25) is 5.91 Å². The van der Waals surface area contributed by atoms with Crippen LogP contribution >= 0.6 is 0 Å². The maximum absolute atomic E-state index is 13.6. The van der Waals surface area contributed by atoms with Crippen molar-refractivity contribution in [1.82, 2.24) is 0 Å². The van der Waals surface area contributed by atoms with Crippen molar-refractivity contribution < 1.29 is 14.0 Å². The van der Waals surface area contributed by atoms with Gasteiger partial charge in [0.15, 0.2) is 5.78 Å². The Labute approximate surface area is 140 Å². The molecule has 2 atom stereocenters. The molecule has 2 aromatic carbocycles. The summed E-state index contributed by atoms with van der Waals surface area (Å²) in [4.78, 5) is 24.9. The van der Waals surface area contributed by atoms with Crippen molar-refractivity contribution in [3.05, 3.63) is 65.5 Å². The van der Waals surface area contributed by atoms with E-state index in [1.54, 1.807) is 30.3 Å². The van der Waals surface area contributed by atoms with Crippen molar-refractivity contribution in [2.75, 3.05) is 5.32 Å². The molecule has 0 radical (unpaired) electrons. The van der Waals surface area contributed by atoms with E-state index in [0.717, 1.165) is 12.5 Å². The van der Waals surface area contributed by atoms with E-state index in [-0.39, 0.29) is 23.0 Å². The lowest BCUT2D eigenvalue weighted by Crippen LogP contribution is -2.40. The summed E-state index contributed by atoms with van der Waals surface area (Å²) < 4.78 is 13.6. The molecule has 4 nitrogen and oxygen atoms in total. The Morgan fingerprint density at radius 3 is 2.46 bits per heavy atom. The van der Waals surface area contributed by atoms with Crippen LogP contribution in [0.3, 0.4) is 0 Å². The average Bonchev–Trinajstić information content (AvgIpc) is 2.61. The number of hydrogen-bond donors (Lipinski definition) is 2. The number of nitrogens with two attached hydrogens (primary N) is 1. The molecular formula is C19H21FN2O2. The molecule has 1 amide bonds. The minimum atomic E-state index is -0.695. The first kappa shape index (κ1) is 17.8. The Morgan fingerprint density at radius 1 is 1.17 bits per heavy atom. The van der Waals surface area contributed by atoms with E-state index in [4.69, 9.17) is 5.73 Å². The van der Waals surface area contributed by atoms with Crippen molar-refractivity contribution in [2.24, 2.45) is 11.7 Å². The van der Waals surface area contributed by atoms with E-state index in [9.17, 15) is 14.0 Å². The minimum Gasteiger partial charge on any atom is -0.324 e. The number of hydrogen-bond acceptors (Lipinski definition) is 3. The SMILES string of the molecule is CC[C@H](C)[C@H](N)C(=O)Nc1ccc(F)cc1C(=O)c1ccccc1. The highest BCUT2D eigenvalue weighted by molar-refractivity contribution is 6.14. The second kappa shape index (κ2) is 7.84. The van der Waals surface area contributed by atoms with Gasteiger partial charge in [-0.2, -0.15) is 0 Å². The molecule has 0 aromatic heterocycles. The van der Waals surface area contributed by atoms with Crippen LogP contribution in [0.2, 0.25) is 0 Å². The highest BCUT2D eigenvalue weighted by Gasteiger charge is 2.22. The summed E-state index contributed by atoms with van der Waals surface area (Å²) in [7, 11) is 0. The van der Waals surface area contributed by atoms with Crippen molar-refractivity contribution in [2.45, 2.75) is 26.3 Å². The number of anilines is 1. The number of carbonyl (C=O) groups is 2. The topological polar surface area (TPSA) is 72.2 Å². The summed E-state index contributed by atoms with van der Waals surface area (Å²) in [5.74, 6) is -1.29. The van der Waals surface area contributed by atoms with E-state index in [1.807, 2.05) is 13.8 Å². The standard InChI is InChI=1S/C19H21FN2O2/c1-3-12(2)17(21)19(24)22-16-10-9-14(20)11-15(16)18(23)13-7-5-4-6-8-13/h4-12,17H,3,21H2,1-2H3,(H,22,24)/t12-,17-/m0/s1. The number of carbonyl (C=O) groups excluding carboxylic acids is 2. The van der Waals surface area contributed by atoms with Crippen LogP contribution in [0.25, 0.3) is 0 Å². The van der Waals surface area contributed by atoms with Crippen LogP contribution in [-0.2, 0) is 4.79 Å². The monoisotopic (exact) mass is 328 g/mol. The third-order valence-electron chi connectivity index (χ3n) is 4.08. The second-order valence-electron chi connectivity index (χ2n) is 5.79. The van der Waals surface area contributed by atoms with Crippen molar-refractivity contribution in [3.63, 3.8) is 0 Å². The van der Waals surface area contributed by atoms with Crippen LogP contribution in [0, 0.1) is 11.7 Å². The Kier molecular flexibility index (Phi) is 5.82. The summed E-state index contributed by atoms with van der Waals surface area (Å²) >= 11 is 0. The maximum atomic E-state index is 13.6. The number of rotatable bonds is 6. The first-order chi connectivity index (χ1) is 11.4. The molecule has 0 fully saturated rings. The normalized spacial score (nSPS) is 13.2. The summed E-state index contributed by atoms with van der Waals surface area (Å²) in [5, 5.41) is 2.65. The molecule has 0 aliphatic heterocycles. The Hall–Kier alpha value is -2.53. The summed E-state index contributed by atoms with van der Waals surface area (Å²) in [6.45, 7) is 3.82. The van der Waals surface area contributed by atoms with Gasteiger partial charge in [0.05, 0.1) is 11.7 Å². The van der Waals surface area contributed by atoms with E-state index in [2.05, 4.69) is 5.32 Å². The lowest BCUT2D eigenvalue weighted by molar-refractivity contribution is -0.118. The predicted octanol–water partition coefficient (Wildman–Crippen LogP) is 3.37. The van der Waals surface area contributed by atoms with Gasteiger partial charge in [-0.15, -0.1) is 0 Å². The van der Waals surface area contributed by atoms with Crippen molar-refractivity contribution in [3.8, 4) is 0 Å². The highest BCUT2D eigenvalue weighted by Crippen LogP contribution is 2.21. The van der Waals surface area contributed by atoms with E-state index >= 15 is 0 Å². The lowest BCUT2D eigenvalue weighted by Gasteiger charge is -2.19. The molecule has 5 heteroatoms. The molecule has 0 spiro atoms. The molecule has 3 N–H and O–H groups in total. The third-order valence-corrected chi connectivity index (χ3v) is 4.08. The Morgan fingerprint density at radius 2 is 1.83 bits per heavy atom. The first-order valence-electron chi connectivity index (χ1n) is 7.89. The molecule has 0 unspecified atom stereocenters.